The van der Waals surface area contributed by atoms with Crippen molar-refractivity contribution in [1.82, 2.24) is 12.3 Å². The molecule has 1 heterocycles. The van der Waals surface area contributed by atoms with E-state index in [-0.39, 0.29) is 12.3 Å². The van der Waals surface area contributed by atoms with Crippen LogP contribution >= 0.6 is 0 Å². The van der Waals surface area contributed by atoms with Crippen molar-refractivity contribution in [3.63, 3.8) is 0 Å². The smallest absolute Gasteiger partial charge is 0.129 e. The van der Waals surface area contributed by atoms with E-state index in [9.17, 15) is 19.8 Å². The Morgan fingerprint density at radius 1 is 1.00 bits per heavy atom. The zero-order chi connectivity index (χ0) is 7.02. The van der Waals surface area contributed by atoms with Crippen molar-refractivity contribution in [1.29, 1.82) is 0 Å². The molecule has 0 saturated carbocycles. The molecule has 0 bridgehead atoms. The molecule has 0 aromatic rings. The number of hydrogen-bond donors (Lipinski definition) is 2. The van der Waals surface area contributed by atoms with Crippen molar-refractivity contribution in [2.75, 3.05) is 0 Å². The first-order valence-corrected chi connectivity index (χ1v) is 2.20. The van der Waals surface area contributed by atoms with Crippen LogP contribution in [0.3, 0.4) is 0 Å². The maximum Gasteiger partial charge on any atom is 0.129 e. The monoisotopic (exact) mass is 166 g/mol. The summed E-state index contributed by atoms with van der Waals surface area (Å²) in [5.41, 5.74) is 0. The van der Waals surface area contributed by atoms with Crippen LogP contribution in [0.4, 0.5) is 0 Å². The number of carboxylic acids is 2. The lowest BCUT2D eigenvalue weighted by atomic mass is 10.3. The summed E-state index contributed by atoms with van der Waals surface area (Å²) in [5.74, 6) is -3.02. The normalized spacial score (nSPS) is 25.8. The van der Waals surface area contributed by atoms with Gasteiger partial charge in [0.25, 0.3) is 0 Å². The van der Waals surface area contributed by atoms with Crippen LogP contribution in [0.1, 0.15) is 0 Å². The average molecular weight is 166 g/mol. The van der Waals surface area contributed by atoms with E-state index in [2.05, 4.69) is 4.74 Å². The third kappa shape index (κ3) is 2.50. The van der Waals surface area contributed by atoms with Crippen LogP contribution in [0.25, 0.3) is 0 Å². The zero-order valence-electron chi connectivity index (χ0n) is 6.20. The Hall–Kier alpha value is -1.18. The first-order valence-electron chi connectivity index (χ1n) is 2.20. The van der Waals surface area contributed by atoms with Gasteiger partial charge in [0.2, 0.25) is 0 Å². The van der Waals surface area contributed by atoms with Crippen molar-refractivity contribution < 1.29 is 24.5 Å². The van der Waals surface area contributed by atoms with Crippen LogP contribution in [0, 0.1) is 0 Å². The molecule has 11 heavy (non-hydrogen) atoms. The molecule has 1 saturated heterocycles. The Bertz CT molecular complexity index is 152. The molecule has 2 unspecified atom stereocenters. The minimum Gasteiger partial charge on any atom is -0.547 e. The number of aliphatic carboxylic acids is 2. The molecule has 1 fully saturated rings. The minimum atomic E-state index is -1.51. The van der Waals surface area contributed by atoms with Gasteiger partial charge >= 0.3 is 0 Å². The number of quaternary nitrogens is 2. The average Bonchev–Trinajstić information content (AvgIpc) is 2.39. The largest absolute Gasteiger partial charge is 0.547 e. The molecule has 2 atom stereocenters. The summed E-state index contributed by atoms with van der Waals surface area (Å²) >= 11 is 0. The number of rotatable bonds is 2. The fraction of sp³-hybridized carbons (Fsp3) is 0.500. The van der Waals surface area contributed by atoms with Crippen molar-refractivity contribution in [2.24, 2.45) is 0 Å². The first kappa shape index (κ1) is 12.5. The SMILES string of the molecule is O=C([O-])C1OC1C(=O)[O-].[NH4+].[NH4+]. The van der Waals surface area contributed by atoms with E-state index < -0.39 is 24.1 Å². The minimum absolute atomic E-state index is 0. The van der Waals surface area contributed by atoms with Gasteiger partial charge in [-0.15, -0.1) is 0 Å². The Kier molecular flexibility index (Phi) is 4.38. The Morgan fingerprint density at radius 2 is 1.27 bits per heavy atom. The summed E-state index contributed by atoms with van der Waals surface area (Å²) in [5, 5.41) is 19.5. The van der Waals surface area contributed by atoms with Crippen molar-refractivity contribution >= 4 is 11.9 Å². The molecule has 8 N–H and O–H groups in total. The highest BCUT2D eigenvalue weighted by molar-refractivity contribution is 5.85. The summed E-state index contributed by atoms with van der Waals surface area (Å²) in [7, 11) is 0. The van der Waals surface area contributed by atoms with Crippen LogP contribution in [0.5, 0.6) is 0 Å². The van der Waals surface area contributed by atoms with Gasteiger partial charge in [-0.1, -0.05) is 0 Å². The van der Waals surface area contributed by atoms with Gasteiger partial charge in [-0.3, -0.25) is 0 Å². The standard InChI is InChI=1S/C4H4O5.2H3N/c5-3(6)1-2(9-1)4(7)8;;/h1-2H,(H,5,6)(H,7,8);2*1H3. The van der Waals surface area contributed by atoms with Gasteiger partial charge in [0, 0.05) is 0 Å². The van der Waals surface area contributed by atoms with E-state index in [1.54, 1.807) is 0 Å². The lowest BCUT2D eigenvalue weighted by Gasteiger charge is -1.94. The maximum atomic E-state index is 9.75. The number of epoxide rings is 1. The van der Waals surface area contributed by atoms with E-state index >= 15 is 0 Å². The van der Waals surface area contributed by atoms with E-state index in [0.717, 1.165) is 0 Å². The van der Waals surface area contributed by atoms with Gasteiger partial charge in [-0.25, -0.2) is 0 Å². The molecule has 0 radical (unpaired) electrons. The summed E-state index contributed by atoms with van der Waals surface area (Å²) in [6, 6.07) is 0. The molecular formula is C4H10N2O5. The Morgan fingerprint density at radius 3 is 1.36 bits per heavy atom. The van der Waals surface area contributed by atoms with Crippen LogP contribution in [-0.2, 0) is 14.3 Å². The zero-order valence-corrected chi connectivity index (χ0v) is 6.20. The molecule has 1 aliphatic heterocycles. The van der Waals surface area contributed by atoms with Crippen LogP contribution in [-0.4, -0.2) is 24.1 Å². The summed E-state index contributed by atoms with van der Waals surface area (Å²) in [6.07, 6.45) is -2.59. The summed E-state index contributed by atoms with van der Waals surface area (Å²) in [4.78, 5) is 19.5. The van der Waals surface area contributed by atoms with Gasteiger partial charge in [0.15, 0.2) is 0 Å². The first-order chi connectivity index (χ1) is 4.13. The van der Waals surface area contributed by atoms with Gasteiger partial charge < -0.3 is 36.8 Å². The van der Waals surface area contributed by atoms with E-state index in [1.807, 2.05) is 0 Å². The molecule has 0 amide bonds. The number of carboxylic acid groups (broad SMARTS) is 2. The van der Waals surface area contributed by atoms with E-state index in [4.69, 9.17) is 0 Å². The fourth-order valence-electron chi connectivity index (χ4n) is 0.471. The number of ether oxygens (including phenoxy) is 1. The van der Waals surface area contributed by atoms with Crippen LogP contribution < -0.4 is 22.5 Å². The topological polar surface area (TPSA) is 166 Å². The third-order valence-corrected chi connectivity index (χ3v) is 0.956. The molecule has 0 aromatic heterocycles. The number of carbonyl (C=O) groups excluding carboxylic acids is 2. The molecule has 7 nitrogen and oxygen atoms in total. The van der Waals surface area contributed by atoms with Gasteiger partial charge in [0.1, 0.15) is 12.2 Å². The summed E-state index contributed by atoms with van der Waals surface area (Å²) < 4.78 is 4.12. The Labute approximate surface area is 62.1 Å². The molecule has 7 heteroatoms. The summed E-state index contributed by atoms with van der Waals surface area (Å²) in [6.45, 7) is 0. The second-order valence-electron chi connectivity index (χ2n) is 1.62. The highest BCUT2D eigenvalue weighted by atomic mass is 16.6. The van der Waals surface area contributed by atoms with Crippen molar-refractivity contribution in [2.45, 2.75) is 12.2 Å². The molecule has 1 aliphatic rings. The van der Waals surface area contributed by atoms with E-state index in [1.165, 1.54) is 0 Å². The highest BCUT2D eigenvalue weighted by Crippen LogP contribution is 2.19. The second kappa shape index (κ2) is 3.86. The van der Waals surface area contributed by atoms with Gasteiger partial charge in [0.05, 0.1) is 11.9 Å². The van der Waals surface area contributed by atoms with Crippen LogP contribution in [0.2, 0.25) is 0 Å². The molecule has 0 aromatic carbocycles. The highest BCUT2D eigenvalue weighted by Gasteiger charge is 2.41. The van der Waals surface area contributed by atoms with Gasteiger partial charge in [-0.05, 0) is 0 Å². The third-order valence-electron chi connectivity index (χ3n) is 0.956. The Balaban J connectivity index is 0. The quantitative estimate of drug-likeness (QED) is 0.416. The predicted octanol–water partition coefficient (Wildman–Crippen LogP) is -2.99. The van der Waals surface area contributed by atoms with Gasteiger partial charge in [-0.2, -0.15) is 0 Å². The van der Waals surface area contributed by atoms with Crippen LogP contribution in [0.15, 0.2) is 0 Å². The second-order valence-corrected chi connectivity index (χ2v) is 1.62. The lowest BCUT2D eigenvalue weighted by molar-refractivity contribution is -0.311. The number of hydrogen-bond acceptors (Lipinski definition) is 5. The lowest BCUT2D eigenvalue weighted by Crippen LogP contribution is -2.35. The fourth-order valence-corrected chi connectivity index (χ4v) is 0.471. The number of carbonyl (C=O) groups is 2. The molecule has 0 spiro atoms. The molecular weight excluding hydrogens is 156 g/mol. The maximum absolute atomic E-state index is 9.75. The molecule has 1 rings (SSSR count). The predicted molar refractivity (Wildman–Crippen MR) is 30.6 cm³/mol. The molecule has 0 aliphatic carbocycles. The van der Waals surface area contributed by atoms with Crippen molar-refractivity contribution in [3.05, 3.63) is 0 Å². The van der Waals surface area contributed by atoms with E-state index in [0.29, 0.717) is 0 Å². The molecule has 66 valence electrons. The van der Waals surface area contributed by atoms with Crippen molar-refractivity contribution in [3.8, 4) is 0 Å².